The Balaban J connectivity index is 2.14. The largest absolute Gasteiger partial charge is 0.417 e. The van der Waals surface area contributed by atoms with E-state index in [2.05, 4.69) is 4.98 Å². The first-order chi connectivity index (χ1) is 9.95. The van der Waals surface area contributed by atoms with Crippen LogP contribution in [0.4, 0.5) is 0 Å². The van der Waals surface area contributed by atoms with Crippen molar-refractivity contribution in [1.82, 2.24) is 4.98 Å². The van der Waals surface area contributed by atoms with Crippen molar-refractivity contribution in [2.45, 2.75) is 20.8 Å². The molecular formula is C17H15NO3. The number of benzene rings is 2. The molecule has 0 saturated carbocycles. The highest BCUT2D eigenvalue weighted by atomic mass is 16.4. The van der Waals surface area contributed by atoms with Crippen LogP contribution in [0.3, 0.4) is 0 Å². The Kier molecular flexibility index (Phi) is 3.01. The van der Waals surface area contributed by atoms with E-state index in [4.69, 9.17) is 4.42 Å². The lowest BCUT2D eigenvalue weighted by Crippen LogP contribution is -2.06. The van der Waals surface area contributed by atoms with Crippen molar-refractivity contribution >= 4 is 16.9 Å². The van der Waals surface area contributed by atoms with Gasteiger partial charge in [0.15, 0.2) is 11.4 Å². The highest BCUT2D eigenvalue weighted by molar-refractivity contribution is 6.11. The molecule has 0 saturated heterocycles. The summed E-state index contributed by atoms with van der Waals surface area (Å²) >= 11 is 0. The second kappa shape index (κ2) is 4.74. The van der Waals surface area contributed by atoms with Crippen molar-refractivity contribution in [3.63, 3.8) is 0 Å². The molecule has 0 unspecified atom stereocenters. The Hall–Kier alpha value is -2.62. The average molecular weight is 281 g/mol. The molecule has 1 N–H and O–H groups in total. The summed E-state index contributed by atoms with van der Waals surface area (Å²) < 4.78 is 5.01. The van der Waals surface area contributed by atoms with Crippen LogP contribution in [0.15, 0.2) is 39.5 Å². The molecule has 106 valence electrons. The zero-order chi connectivity index (χ0) is 15.1. The summed E-state index contributed by atoms with van der Waals surface area (Å²) in [5.41, 5.74) is 5.25. The van der Waals surface area contributed by atoms with Gasteiger partial charge in [-0.25, -0.2) is 4.79 Å². The van der Waals surface area contributed by atoms with Crippen molar-refractivity contribution in [3.8, 4) is 0 Å². The van der Waals surface area contributed by atoms with Crippen LogP contribution in [0, 0.1) is 20.8 Å². The zero-order valence-electron chi connectivity index (χ0n) is 12.1. The average Bonchev–Trinajstić information content (AvgIpc) is 2.76. The van der Waals surface area contributed by atoms with E-state index in [1.165, 1.54) is 0 Å². The Morgan fingerprint density at radius 3 is 2.38 bits per heavy atom. The lowest BCUT2D eigenvalue weighted by molar-refractivity contribution is 0.103. The maximum atomic E-state index is 12.7. The molecule has 0 radical (unpaired) electrons. The molecule has 2 aromatic carbocycles. The van der Waals surface area contributed by atoms with E-state index in [0.29, 0.717) is 22.2 Å². The van der Waals surface area contributed by atoms with Gasteiger partial charge in [-0.15, -0.1) is 0 Å². The highest BCUT2D eigenvalue weighted by Gasteiger charge is 2.16. The molecule has 3 aromatic rings. The number of H-pyrrole nitrogens is 1. The Morgan fingerprint density at radius 1 is 1.05 bits per heavy atom. The SMILES string of the molecule is Cc1cc(C)c(C(=O)c2ccc3[nH]c(=O)oc3c2)c(C)c1. The van der Waals surface area contributed by atoms with Gasteiger partial charge in [-0.05, 0) is 50.1 Å². The summed E-state index contributed by atoms with van der Waals surface area (Å²) in [5, 5.41) is 0. The number of carbonyl (C=O) groups is 1. The van der Waals surface area contributed by atoms with E-state index in [9.17, 15) is 9.59 Å². The number of hydrogen-bond donors (Lipinski definition) is 1. The molecule has 0 bridgehead atoms. The van der Waals surface area contributed by atoms with Crippen molar-refractivity contribution < 1.29 is 9.21 Å². The summed E-state index contributed by atoms with van der Waals surface area (Å²) in [5.74, 6) is -0.576. The summed E-state index contributed by atoms with van der Waals surface area (Å²) in [6.45, 7) is 5.87. The van der Waals surface area contributed by atoms with Gasteiger partial charge in [0.05, 0.1) is 5.52 Å². The fourth-order valence-electron chi connectivity index (χ4n) is 2.77. The van der Waals surface area contributed by atoms with Crippen LogP contribution in [-0.2, 0) is 0 Å². The third-order valence-electron chi connectivity index (χ3n) is 3.59. The third kappa shape index (κ3) is 2.29. The molecular weight excluding hydrogens is 266 g/mol. The van der Waals surface area contributed by atoms with E-state index < -0.39 is 5.76 Å². The van der Waals surface area contributed by atoms with Gasteiger partial charge in [0.2, 0.25) is 0 Å². The number of aromatic nitrogens is 1. The van der Waals surface area contributed by atoms with Gasteiger partial charge >= 0.3 is 5.76 Å². The minimum absolute atomic E-state index is 0.0595. The van der Waals surface area contributed by atoms with E-state index in [1.807, 2.05) is 32.9 Å². The van der Waals surface area contributed by atoms with Crippen LogP contribution in [0.1, 0.15) is 32.6 Å². The number of aromatic amines is 1. The topological polar surface area (TPSA) is 63.1 Å². The summed E-state index contributed by atoms with van der Waals surface area (Å²) in [6, 6.07) is 8.99. The monoisotopic (exact) mass is 281 g/mol. The molecule has 0 aliphatic carbocycles. The van der Waals surface area contributed by atoms with Gasteiger partial charge in [0, 0.05) is 11.1 Å². The van der Waals surface area contributed by atoms with Crippen molar-refractivity contribution in [3.05, 3.63) is 68.7 Å². The fourth-order valence-corrected chi connectivity index (χ4v) is 2.77. The van der Waals surface area contributed by atoms with Crippen LogP contribution in [-0.4, -0.2) is 10.8 Å². The van der Waals surface area contributed by atoms with Gasteiger partial charge in [-0.3, -0.25) is 9.78 Å². The zero-order valence-corrected chi connectivity index (χ0v) is 12.1. The van der Waals surface area contributed by atoms with E-state index in [0.717, 1.165) is 16.7 Å². The summed E-state index contributed by atoms with van der Waals surface area (Å²) in [6.07, 6.45) is 0. The van der Waals surface area contributed by atoms with Crippen LogP contribution in [0.25, 0.3) is 11.1 Å². The van der Waals surface area contributed by atoms with Crippen LogP contribution >= 0.6 is 0 Å². The fraction of sp³-hybridized carbons (Fsp3) is 0.176. The van der Waals surface area contributed by atoms with E-state index in [-0.39, 0.29) is 5.78 Å². The standard InChI is InChI=1S/C17H15NO3/c1-9-6-10(2)15(11(3)7-9)16(19)12-4-5-13-14(8-12)21-17(20)18-13/h4-8H,1-3H3,(H,18,20). The van der Waals surface area contributed by atoms with Crippen molar-refractivity contribution in [2.75, 3.05) is 0 Å². The smallest absolute Gasteiger partial charge is 0.408 e. The number of carbonyl (C=O) groups excluding carboxylic acids is 1. The predicted molar refractivity (Wildman–Crippen MR) is 80.9 cm³/mol. The maximum absolute atomic E-state index is 12.7. The van der Waals surface area contributed by atoms with Crippen molar-refractivity contribution in [1.29, 1.82) is 0 Å². The van der Waals surface area contributed by atoms with E-state index >= 15 is 0 Å². The second-order valence-electron chi connectivity index (χ2n) is 5.33. The predicted octanol–water partition coefficient (Wildman–Crippen LogP) is 3.28. The minimum Gasteiger partial charge on any atom is -0.408 e. The van der Waals surface area contributed by atoms with Crippen molar-refractivity contribution in [2.24, 2.45) is 0 Å². The van der Waals surface area contributed by atoms with E-state index in [1.54, 1.807) is 18.2 Å². The number of hydrogen-bond acceptors (Lipinski definition) is 3. The summed E-state index contributed by atoms with van der Waals surface area (Å²) in [4.78, 5) is 26.5. The Morgan fingerprint density at radius 2 is 1.71 bits per heavy atom. The lowest BCUT2D eigenvalue weighted by Gasteiger charge is -2.10. The Bertz CT molecular complexity index is 892. The molecule has 21 heavy (non-hydrogen) atoms. The van der Waals surface area contributed by atoms with Crippen LogP contribution < -0.4 is 5.76 Å². The maximum Gasteiger partial charge on any atom is 0.417 e. The van der Waals surface area contributed by atoms with Gasteiger partial charge in [0.25, 0.3) is 0 Å². The molecule has 0 fully saturated rings. The lowest BCUT2D eigenvalue weighted by atomic mass is 9.93. The first-order valence-corrected chi connectivity index (χ1v) is 6.71. The number of fused-ring (bicyclic) bond motifs is 1. The minimum atomic E-state index is -0.516. The quantitative estimate of drug-likeness (QED) is 0.733. The van der Waals surface area contributed by atoms with Gasteiger partial charge < -0.3 is 4.42 Å². The molecule has 3 rings (SSSR count). The molecule has 0 atom stereocenters. The number of oxazole rings is 1. The molecule has 0 amide bonds. The number of ketones is 1. The number of rotatable bonds is 2. The van der Waals surface area contributed by atoms with Crippen LogP contribution in [0.5, 0.6) is 0 Å². The summed E-state index contributed by atoms with van der Waals surface area (Å²) in [7, 11) is 0. The van der Waals surface area contributed by atoms with Gasteiger partial charge in [-0.2, -0.15) is 0 Å². The molecule has 4 nitrogen and oxygen atoms in total. The Labute approximate surface area is 121 Å². The first-order valence-electron chi connectivity index (χ1n) is 6.71. The molecule has 0 spiro atoms. The second-order valence-corrected chi connectivity index (χ2v) is 5.33. The normalized spacial score (nSPS) is 11.0. The molecule has 1 aromatic heterocycles. The van der Waals surface area contributed by atoms with Crippen LogP contribution in [0.2, 0.25) is 0 Å². The third-order valence-corrected chi connectivity index (χ3v) is 3.59. The number of aryl methyl sites for hydroxylation is 3. The van der Waals surface area contributed by atoms with Gasteiger partial charge in [0.1, 0.15) is 0 Å². The van der Waals surface area contributed by atoms with Gasteiger partial charge in [-0.1, -0.05) is 17.7 Å². The number of nitrogens with one attached hydrogen (secondary N) is 1. The first kappa shape index (κ1) is 13.4. The molecule has 4 heteroatoms. The molecule has 0 aliphatic rings. The molecule has 0 aliphatic heterocycles. The highest BCUT2D eigenvalue weighted by Crippen LogP contribution is 2.22. The molecule has 1 heterocycles.